The fourth-order valence-corrected chi connectivity index (χ4v) is 4.78. The third-order valence-electron chi connectivity index (χ3n) is 5.81. The van der Waals surface area contributed by atoms with Crippen LogP contribution < -0.4 is 16.4 Å². The van der Waals surface area contributed by atoms with Gasteiger partial charge in [0.1, 0.15) is 12.0 Å². The molecule has 0 radical (unpaired) electrons. The van der Waals surface area contributed by atoms with Crippen molar-refractivity contribution in [2.24, 2.45) is 5.73 Å². The maximum absolute atomic E-state index is 13.1. The standard InChI is InChI=1S/C27H24N6O4S/c1-16-30-20(15-37-16)23-9-10-24(38-23)26(36)32-27-31-19-13-18(7-8-21(19)33(27)12-11-25(28)35)29-14-22(34)17-5-3-2-4-6-17/h2-10,13,15,29H,11-12,14H2,1H3,(H2,28,35)(H,31,32,36). The largest absolute Gasteiger partial charge is 0.449 e. The molecule has 0 atom stereocenters. The van der Waals surface area contributed by atoms with E-state index in [2.05, 4.69) is 20.6 Å². The molecule has 0 aliphatic carbocycles. The zero-order valence-corrected chi connectivity index (χ0v) is 21.2. The molecule has 0 fully saturated rings. The van der Waals surface area contributed by atoms with Crippen LogP contribution in [0.2, 0.25) is 0 Å². The van der Waals surface area contributed by atoms with Crippen LogP contribution in [-0.2, 0) is 11.3 Å². The van der Waals surface area contributed by atoms with Gasteiger partial charge in [0, 0.05) is 31.1 Å². The van der Waals surface area contributed by atoms with E-state index >= 15 is 0 Å². The van der Waals surface area contributed by atoms with E-state index in [4.69, 9.17) is 10.2 Å². The van der Waals surface area contributed by atoms with Gasteiger partial charge in [-0.2, -0.15) is 0 Å². The first-order valence-corrected chi connectivity index (χ1v) is 12.6. The van der Waals surface area contributed by atoms with E-state index < -0.39 is 5.91 Å². The third-order valence-corrected chi connectivity index (χ3v) is 6.91. The first-order chi connectivity index (χ1) is 18.4. The average Bonchev–Trinajstić information content (AvgIpc) is 3.64. The molecule has 0 bridgehead atoms. The van der Waals surface area contributed by atoms with E-state index in [0.717, 1.165) is 4.88 Å². The highest BCUT2D eigenvalue weighted by atomic mass is 32.1. The first kappa shape index (κ1) is 24.9. The zero-order valence-electron chi connectivity index (χ0n) is 20.4. The topological polar surface area (TPSA) is 145 Å². The second-order valence-electron chi connectivity index (χ2n) is 8.52. The molecule has 5 aromatic rings. The van der Waals surface area contributed by atoms with Gasteiger partial charge in [-0.15, -0.1) is 11.3 Å². The molecule has 0 saturated carbocycles. The molecule has 5 rings (SSSR count). The van der Waals surface area contributed by atoms with E-state index in [1.54, 1.807) is 42.0 Å². The number of ketones is 1. The van der Waals surface area contributed by atoms with Gasteiger partial charge in [0.2, 0.25) is 11.9 Å². The van der Waals surface area contributed by atoms with Gasteiger partial charge >= 0.3 is 0 Å². The number of hydrogen-bond donors (Lipinski definition) is 3. The third kappa shape index (κ3) is 5.47. The van der Waals surface area contributed by atoms with Crippen molar-refractivity contribution in [3.63, 3.8) is 0 Å². The van der Waals surface area contributed by atoms with Gasteiger partial charge in [0.25, 0.3) is 5.91 Å². The van der Waals surface area contributed by atoms with E-state index in [1.165, 1.54) is 11.3 Å². The molecular weight excluding hydrogens is 504 g/mol. The van der Waals surface area contributed by atoms with Crippen molar-refractivity contribution >= 4 is 51.6 Å². The van der Waals surface area contributed by atoms with Crippen molar-refractivity contribution in [1.29, 1.82) is 0 Å². The minimum absolute atomic E-state index is 0.0401. The highest BCUT2D eigenvalue weighted by Crippen LogP contribution is 2.29. The number of aryl methyl sites for hydroxylation is 2. The van der Waals surface area contributed by atoms with Crippen LogP contribution in [0.5, 0.6) is 0 Å². The molecule has 10 nitrogen and oxygen atoms in total. The lowest BCUT2D eigenvalue weighted by Gasteiger charge is -2.09. The number of aromatic nitrogens is 3. The molecule has 0 unspecified atom stereocenters. The number of Topliss-reactive ketones (excluding diaryl/α,β-unsaturated/α-hetero) is 1. The number of anilines is 2. The van der Waals surface area contributed by atoms with Gasteiger partial charge in [-0.1, -0.05) is 30.3 Å². The maximum Gasteiger partial charge on any atom is 0.268 e. The van der Waals surface area contributed by atoms with Crippen LogP contribution in [0.3, 0.4) is 0 Å². The molecule has 0 aliphatic rings. The number of carbonyl (C=O) groups is 3. The molecule has 0 aliphatic heterocycles. The maximum atomic E-state index is 13.1. The number of thiophene rings is 1. The number of rotatable bonds is 10. The Morgan fingerprint density at radius 3 is 2.61 bits per heavy atom. The summed E-state index contributed by atoms with van der Waals surface area (Å²) in [5, 5.41) is 5.98. The monoisotopic (exact) mass is 528 g/mol. The summed E-state index contributed by atoms with van der Waals surface area (Å²) in [7, 11) is 0. The van der Waals surface area contributed by atoms with E-state index in [0.29, 0.717) is 38.7 Å². The summed E-state index contributed by atoms with van der Waals surface area (Å²) in [6.45, 7) is 2.12. The summed E-state index contributed by atoms with van der Waals surface area (Å²) in [6, 6.07) is 18.0. The molecule has 4 N–H and O–H groups in total. The van der Waals surface area contributed by atoms with Crippen LogP contribution in [0.25, 0.3) is 21.6 Å². The number of hydrogen-bond acceptors (Lipinski definition) is 8. The van der Waals surface area contributed by atoms with Gasteiger partial charge in [-0.3, -0.25) is 19.7 Å². The lowest BCUT2D eigenvalue weighted by atomic mass is 10.1. The van der Waals surface area contributed by atoms with Crippen molar-refractivity contribution in [2.75, 3.05) is 17.2 Å². The molecular formula is C27H24N6O4S. The molecule has 0 spiro atoms. The predicted molar refractivity (Wildman–Crippen MR) is 145 cm³/mol. The van der Waals surface area contributed by atoms with Crippen molar-refractivity contribution in [1.82, 2.24) is 14.5 Å². The Labute approximate surface area is 221 Å². The summed E-state index contributed by atoms with van der Waals surface area (Å²) in [6.07, 6.45) is 1.62. The van der Waals surface area contributed by atoms with Crippen molar-refractivity contribution in [2.45, 2.75) is 19.9 Å². The number of nitrogens with one attached hydrogen (secondary N) is 2. The van der Waals surface area contributed by atoms with Gasteiger partial charge in [0.05, 0.1) is 27.3 Å². The van der Waals surface area contributed by atoms with Crippen LogP contribution in [0.15, 0.2) is 71.3 Å². The van der Waals surface area contributed by atoms with Gasteiger partial charge in [0.15, 0.2) is 11.7 Å². The van der Waals surface area contributed by atoms with Gasteiger partial charge in [-0.25, -0.2) is 9.97 Å². The highest BCUT2D eigenvalue weighted by molar-refractivity contribution is 7.17. The fraction of sp³-hybridized carbons (Fsp3) is 0.148. The molecule has 192 valence electrons. The normalized spacial score (nSPS) is 11.0. The zero-order chi connectivity index (χ0) is 26.6. The van der Waals surface area contributed by atoms with E-state index in [1.807, 2.05) is 36.4 Å². The van der Waals surface area contributed by atoms with Crippen LogP contribution in [-0.4, -0.2) is 38.7 Å². The van der Waals surface area contributed by atoms with Crippen LogP contribution in [0.4, 0.5) is 11.6 Å². The minimum Gasteiger partial charge on any atom is -0.449 e. The molecule has 2 aromatic carbocycles. The lowest BCUT2D eigenvalue weighted by molar-refractivity contribution is -0.118. The fourth-order valence-electron chi connectivity index (χ4n) is 3.93. The number of amides is 2. The number of primary amides is 1. The number of imidazole rings is 1. The number of carbonyl (C=O) groups excluding carboxylic acids is 3. The van der Waals surface area contributed by atoms with Crippen molar-refractivity contribution < 1.29 is 18.8 Å². The van der Waals surface area contributed by atoms with Crippen LogP contribution >= 0.6 is 11.3 Å². The number of nitrogens with two attached hydrogens (primary N) is 1. The summed E-state index contributed by atoms with van der Waals surface area (Å²) in [4.78, 5) is 47.2. The van der Waals surface area contributed by atoms with Crippen LogP contribution in [0.1, 0.15) is 32.3 Å². The molecule has 11 heteroatoms. The Kier molecular flexibility index (Phi) is 7.00. The minimum atomic E-state index is -0.465. The predicted octanol–water partition coefficient (Wildman–Crippen LogP) is 4.48. The number of benzene rings is 2. The quantitative estimate of drug-likeness (QED) is 0.227. The van der Waals surface area contributed by atoms with Crippen molar-refractivity contribution in [3.8, 4) is 10.6 Å². The van der Waals surface area contributed by atoms with Gasteiger partial charge < -0.3 is 20.0 Å². The Morgan fingerprint density at radius 1 is 1.05 bits per heavy atom. The molecule has 2 amide bonds. The number of nitrogens with zero attached hydrogens (tertiary/aromatic N) is 3. The van der Waals surface area contributed by atoms with E-state index in [9.17, 15) is 14.4 Å². The summed E-state index contributed by atoms with van der Waals surface area (Å²) < 4.78 is 7.00. The van der Waals surface area contributed by atoms with Gasteiger partial charge in [-0.05, 0) is 30.3 Å². The Balaban J connectivity index is 1.37. The second-order valence-corrected chi connectivity index (χ2v) is 9.60. The first-order valence-electron chi connectivity index (χ1n) is 11.8. The lowest BCUT2D eigenvalue weighted by Crippen LogP contribution is -2.18. The number of fused-ring (bicyclic) bond motifs is 1. The summed E-state index contributed by atoms with van der Waals surface area (Å²) >= 11 is 1.28. The van der Waals surface area contributed by atoms with Crippen LogP contribution in [0, 0.1) is 6.92 Å². The Bertz CT molecular complexity index is 1640. The SMILES string of the molecule is Cc1nc(-c2ccc(C(=O)Nc3nc4cc(NCC(=O)c5ccccc5)ccc4n3CCC(N)=O)s2)co1. The molecule has 38 heavy (non-hydrogen) atoms. The summed E-state index contributed by atoms with van der Waals surface area (Å²) in [5.74, 6) is -0.0184. The molecule has 3 aromatic heterocycles. The Hall–Kier alpha value is -4.77. The van der Waals surface area contributed by atoms with Crippen molar-refractivity contribution in [3.05, 3.63) is 83.3 Å². The highest BCUT2D eigenvalue weighted by Gasteiger charge is 2.18. The molecule has 3 heterocycles. The second kappa shape index (κ2) is 10.7. The number of oxazole rings is 1. The molecule has 0 saturated heterocycles. The average molecular weight is 529 g/mol. The van der Waals surface area contributed by atoms with E-state index in [-0.39, 0.29) is 37.1 Å². The smallest absolute Gasteiger partial charge is 0.268 e. The summed E-state index contributed by atoms with van der Waals surface area (Å²) in [5.41, 5.74) is 8.67. The Morgan fingerprint density at radius 2 is 1.87 bits per heavy atom.